The van der Waals surface area contributed by atoms with Crippen LogP contribution < -0.4 is 0 Å². The zero-order valence-corrected chi connectivity index (χ0v) is 15.6. The van der Waals surface area contributed by atoms with E-state index in [2.05, 4.69) is 26.0 Å². The van der Waals surface area contributed by atoms with Crippen molar-refractivity contribution < 1.29 is 18.9 Å². The van der Waals surface area contributed by atoms with E-state index in [0.717, 1.165) is 58.5 Å². The Hall–Kier alpha value is -0.420. The summed E-state index contributed by atoms with van der Waals surface area (Å²) in [6, 6.07) is 0. The van der Waals surface area contributed by atoms with Gasteiger partial charge in [-0.3, -0.25) is 0 Å². The molecule has 0 spiro atoms. The van der Waals surface area contributed by atoms with Gasteiger partial charge in [-0.05, 0) is 45.4 Å². The Balaban J connectivity index is 1.51. The quantitative estimate of drug-likeness (QED) is 0.427. The van der Waals surface area contributed by atoms with Crippen LogP contribution in [0.25, 0.3) is 0 Å². The lowest BCUT2D eigenvalue weighted by atomic mass is 10.0. The summed E-state index contributed by atoms with van der Waals surface area (Å²) in [5.41, 5.74) is 0. The highest BCUT2D eigenvalue weighted by molar-refractivity contribution is 4.78. The minimum absolute atomic E-state index is 0.0212. The summed E-state index contributed by atoms with van der Waals surface area (Å²) in [5.74, 6) is 1.02. The average Bonchev–Trinajstić information content (AvgIpc) is 2.63. The molecule has 0 bridgehead atoms. The number of ether oxygens (including phenoxy) is 4. The molecule has 0 unspecified atom stereocenters. The van der Waals surface area contributed by atoms with Gasteiger partial charge in [0.15, 0.2) is 12.6 Å². The first-order valence-electron chi connectivity index (χ1n) is 9.89. The number of rotatable bonds is 10. The highest BCUT2D eigenvalue weighted by Crippen LogP contribution is 2.23. The van der Waals surface area contributed by atoms with Crippen LogP contribution in [0.2, 0.25) is 0 Å². The van der Waals surface area contributed by atoms with Crippen LogP contribution in [0.5, 0.6) is 0 Å². The summed E-state index contributed by atoms with van der Waals surface area (Å²) < 4.78 is 23.4. The molecular formula is C20H36O4. The standard InChI is InChI=1S/C20H36O4/c1-3-5-7-9-17-13-23-20(24-14-17)12-11-18-15-21-19(22-16-18)10-8-6-4-2/h3,5,17-20H,4,6-16H2,1-2H3. The van der Waals surface area contributed by atoms with Gasteiger partial charge in [0.2, 0.25) is 0 Å². The van der Waals surface area contributed by atoms with Crippen LogP contribution in [0.3, 0.4) is 0 Å². The lowest BCUT2D eigenvalue weighted by Crippen LogP contribution is -2.35. The van der Waals surface area contributed by atoms with Crippen LogP contribution in [0.4, 0.5) is 0 Å². The normalized spacial score (nSPS) is 31.6. The molecule has 2 heterocycles. The minimum atomic E-state index is -0.0368. The molecule has 0 aromatic rings. The summed E-state index contributed by atoms with van der Waals surface area (Å²) >= 11 is 0. The predicted molar refractivity (Wildman–Crippen MR) is 95.8 cm³/mol. The highest BCUT2D eigenvalue weighted by Gasteiger charge is 2.25. The highest BCUT2D eigenvalue weighted by atomic mass is 16.7. The molecular weight excluding hydrogens is 304 g/mol. The second-order valence-electron chi connectivity index (χ2n) is 7.14. The predicted octanol–water partition coefficient (Wildman–Crippen LogP) is 4.68. The molecule has 0 atom stereocenters. The second-order valence-corrected chi connectivity index (χ2v) is 7.14. The first kappa shape index (κ1) is 19.9. The van der Waals surface area contributed by atoms with E-state index in [1.54, 1.807) is 0 Å². The molecule has 0 radical (unpaired) electrons. The lowest BCUT2D eigenvalue weighted by molar-refractivity contribution is -0.219. The molecule has 0 aromatic heterocycles. The van der Waals surface area contributed by atoms with Gasteiger partial charge in [0.1, 0.15) is 0 Å². The van der Waals surface area contributed by atoms with Crippen molar-refractivity contribution >= 4 is 0 Å². The Labute approximate surface area is 147 Å². The molecule has 2 fully saturated rings. The summed E-state index contributed by atoms with van der Waals surface area (Å²) in [6.07, 6.45) is 13.3. The molecule has 2 aliphatic heterocycles. The van der Waals surface area contributed by atoms with Gasteiger partial charge >= 0.3 is 0 Å². The molecule has 0 aliphatic carbocycles. The lowest BCUT2D eigenvalue weighted by Gasteiger charge is -2.32. The number of hydrogen-bond donors (Lipinski definition) is 0. The Morgan fingerprint density at radius 3 is 1.92 bits per heavy atom. The van der Waals surface area contributed by atoms with Crippen molar-refractivity contribution in [2.75, 3.05) is 26.4 Å². The van der Waals surface area contributed by atoms with Gasteiger partial charge in [0.25, 0.3) is 0 Å². The Kier molecular flexibility index (Phi) is 9.96. The fourth-order valence-electron chi connectivity index (χ4n) is 3.26. The second kappa shape index (κ2) is 12.0. The topological polar surface area (TPSA) is 36.9 Å². The van der Waals surface area contributed by atoms with Crippen LogP contribution in [-0.2, 0) is 18.9 Å². The summed E-state index contributed by atoms with van der Waals surface area (Å²) in [7, 11) is 0. The molecule has 2 aliphatic rings. The molecule has 0 aromatic carbocycles. The Morgan fingerprint density at radius 1 is 0.750 bits per heavy atom. The third-order valence-electron chi connectivity index (χ3n) is 4.90. The maximum Gasteiger partial charge on any atom is 0.157 e. The fourth-order valence-corrected chi connectivity index (χ4v) is 3.26. The number of hydrogen-bond acceptors (Lipinski definition) is 4. The van der Waals surface area contributed by atoms with Gasteiger partial charge in [0.05, 0.1) is 26.4 Å². The first-order valence-corrected chi connectivity index (χ1v) is 9.89. The van der Waals surface area contributed by atoms with Crippen molar-refractivity contribution in [1.82, 2.24) is 0 Å². The average molecular weight is 341 g/mol. The van der Waals surface area contributed by atoms with Crippen molar-refractivity contribution in [2.45, 2.75) is 77.8 Å². The van der Waals surface area contributed by atoms with Crippen molar-refractivity contribution in [3.63, 3.8) is 0 Å². The molecule has 24 heavy (non-hydrogen) atoms. The summed E-state index contributed by atoms with van der Waals surface area (Å²) in [4.78, 5) is 0. The smallest absolute Gasteiger partial charge is 0.157 e. The molecule has 2 rings (SSSR count). The van der Waals surface area contributed by atoms with E-state index in [1.165, 1.54) is 19.3 Å². The van der Waals surface area contributed by atoms with Gasteiger partial charge in [-0.1, -0.05) is 31.9 Å². The molecule has 4 nitrogen and oxygen atoms in total. The van der Waals surface area contributed by atoms with Crippen molar-refractivity contribution in [1.29, 1.82) is 0 Å². The third kappa shape index (κ3) is 7.64. The van der Waals surface area contributed by atoms with Crippen LogP contribution in [0.1, 0.15) is 65.2 Å². The zero-order chi connectivity index (χ0) is 17.0. The molecule has 4 heteroatoms. The van der Waals surface area contributed by atoms with Crippen molar-refractivity contribution in [2.24, 2.45) is 11.8 Å². The van der Waals surface area contributed by atoms with Gasteiger partial charge in [-0.15, -0.1) is 0 Å². The van der Waals surface area contributed by atoms with E-state index in [-0.39, 0.29) is 12.6 Å². The van der Waals surface area contributed by atoms with Crippen molar-refractivity contribution in [3.05, 3.63) is 12.2 Å². The number of allylic oxidation sites excluding steroid dienone is 2. The summed E-state index contributed by atoms with van der Waals surface area (Å²) in [5, 5.41) is 0. The first-order chi connectivity index (χ1) is 11.8. The molecule has 0 amide bonds. The molecule has 140 valence electrons. The van der Waals surface area contributed by atoms with Crippen LogP contribution in [0.15, 0.2) is 12.2 Å². The Bertz CT molecular complexity index is 329. The largest absolute Gasteiger partial charge is 0.352 e. The Morgan fingerprint density at radius 2 is 1.33 bits per heavy atom. The zero-order valence-electron chi connectivity index (χ0n) is 15.6. The van der Waals surface area contributed by atoms with Gasteiger partial charge in [0, 0.05) is 11.8 Å². The van der Waals surface area contributed by atoms with Crippen LogP contribution >= 0.6 is 0 Å². The third-order valence-corrected chi connectivity index (χ3v) is 4.90. The van der Waals surface area contributed by atoms with Gasteiger partial charge in [-0.2, -0.15) is 0 Å². The maximum absolute atomic E-state index is 5.87. The van der Waals surface area contributed by atoms with E-state index in [0.29, 0.717) is 11.8 Å². The van der Waals surface area contributed by atoms with E-state index in [9.17, 15) is 0 Å². The van der Waals surface area contributed by atoms with Crippen molar-refractivity contribution in [3.8, 4) is 0 Å². The summed E-state index contributed by atoms with van der Waals surface area (Å²) in [6.45, 7) is 7.58. The SMILES string of the molecule is CC=CCCC1COC(CCC2COC(CCCCC)OC2)OC1. The van der Waals surface area contributed by atoms with Gasteiger partial charge < -0.3 is 18.9 Å². The van der Waals surface area contributed by atoms with E-state index in [4.69, 9.17) is 18.9 Å². The molecule has 0 N–H and O–H groups in total. The maximum atomic E-state index is 5.87. The molecule has 2 saturated heterocycles. The van der Waals surface area contributed by atoms with Crippen LogP contribution in [0, 0.1) is 11.8 Å². The monoisotopic (exact) mass is 340 g/mol. The number of unbranched alkanes of at least 4 members (excludes halogenated alkanes) is 2. The van der Waals surface area contributed by atoms with Gasteiger partial charge in [-0.25, -0.2) is 0 Å². The van der Waals surface area contributed by atoms with Crippen LogP contribution in [-0.4, -0.2) is 39.0 Å². The van der Waals surface area contributed by atoms with E-state index in [1.807, 2.05) is 0 Å². The fraction of sp³-hybridized carbons (Fsp3) is 0.900. The van der Waals surface area contributed by atoms with E-state index >= 15 is 0 Å². The minimum Gasteiger partial charge on any atom is -0.352 e. The molecule has 0 saturated carbocycles. The van der Waals surface area contributed by atoms with E-state index < -0.39 is 0 Å².